The molecule has 2 heterocycles. The monoisotopic (exact) mass is 347 g/mol. The second kappa shape index (κ2) is 7.05. The lowest BCUT2D eigenvalue weighted by Gasteiger charge is -2.36. The maximum Gasteiger partial charge on any atom is 0.410 e. The molecule has 2 aromatic rings. The van der Waals surface area contributed by atoms with E-state index in [0.29, 0.717) is 0 Å². The van der Waals surface area contributed by atoms with Gasteiger partial charge < -0.3 is 14.6 Å². The number of carbonyl (C=O) groups excluding carboxylic acids is 1. The average Bonchev–Trinajstić information content (AvgIpc) is 2.94. The van der Waals surface area contributed by atoms with Gasteiger partial charge in [-0.2, -0.15) is 0 Å². The molecule has 6 heteroatoms. The van der Waals surface area contributed by atoms with Crippen LogP contribution in [0.15, 0.2) is 29.4 Å². The van der Waals surface area contributed by atoms with Crippen LogP contribution in [0.2, 0.25) is 0 Å². The van der Waals surface area contributed by atoms with E-state index < -0.39 is 5.60 Å². The van der Waals surface area contributed by atoms with Crippen molar-refractivity contribution in [3.63, 3.8) is 0 Å². The van der Waals surface area contributed by atoms with E-state index in [1.54, 1.807) is 11.8 Å². The number of likely N-dealkylation sites (tertiary alicyclic amines) is 1. The number of hydrogen-bond acceptors (Lipinski definition) is 4. The number of ether oxygens (including phenoxy) is 1. The van der Waals surface area contributed by atoms with Crippen molar-refractivity contribution in [3.8, 4) is 0 Å². The van der Waals surface area contributed by atoms with Crippen molar-refractivity contribution in [2.24, 2.45) is 0 Å². The highest BCUT2D eigenvalue weighted by molar-refractivity contribution is 7.99. The lowest BCUT2D eigenvalue weighted by atomic mass is 10.0. The fourth-order valence-electron chi connectivity index (χ4n) is 2.91. The molecule has 5 nitrogen and oxygen atoms in total. The molecule has 1 atom stereocenters. The van der Waals surface area contributed by atoms with Gasteiger partial charge in [0.25, 0.3) is 0 Å². The minimum atomic E-state index is -0.453. The fraction of sp³-hybridized carbons (Fsp3) is 0.556. The Bertz CT molecular complexity index is 675. The van der Waals surface area contributed by atoms with Gasteiger partial charge in [-0.25, -0.2) is 9.78 Å². The summed E-state index contributed by atoms with van der Waals surface area (Å²) in [6.45, 7) is 6.51. The van der Waals surface area contributed by atoms with Gasteiger partial charge in [-0.1, -0.05) is 23.9 Å². The second-order valence-electron chi connectivity index (χ2n) is 7.19. The topological polar surface area (TPSA) is 58.2 Å². The van der Waals surface area contributed by atoms with E-state index in [9.17, 15) is 4.79 Å². The maximum absolute atomic E-state index is 12.4. The molecule has 0 saturated carbocycles. The van der Waals surface area contributed by atoms with Gasteiger partial charge in [0.1, 0.15) is 5.60 Å². The number of aromatic amines is 1. The molecule has 3 rings (SSSR count). The molecule has 1 aromatic heterocycles. The van der Waals surface area contributed by atoms with Crippen molar-refractivity contribution in [2.45, 2.75) is 56.8 Å². The summed E-state index contributed by atoms with van der Waals surface area (Å²) in [5.41, 5.74) is 1.57. The summed E-state index contributed by atoms with van der Waals surface area (Å²) in [6, 6.07) is 8.22. The van der Waals surface area contributed by atoms with Gasteiger partial charge in [-0.3, -0.25) is 0 Å². The zero-order valence-corrected chi connectivity index (χ0v) is 15.4. The Morgan fingerprint density at radius 3 is 2.92 bits per heavy atom. The molecule has 1 amide bonds. The number of nitrogens with zero attached hydrogens (tertiary/aromatic N) is 2. The third-order valence-corrected chi connectivity index (χ3v) is 5.05. The minimum Gasteiger partial charge on any atom is -0.444 e. The zero-order chi connectivity index (χ0) is 17.2. The van der Waals surface area contributed by atoms with Gasteiger partial charge in [0.2, 0.25) is 0 Å². The van der Waals surface area contributed by atoms with Crippen molar-refractivity contribution in [1.82, 2.24) is 14.9 Å². The molecule has 1 N–H and O–H groups in total. The number of carbonyl (C=O) groups is 1. The Hall–Kier alpha value is -1.69. The van der Waals surface area contributed by atoms with E-state index in [1.165, 1.54) is 0 Å². The van der Waals surface area contributed by atoms with Crippen LogP contribution in [0.5, 0.6) is 0 Å². The van der Waals surface area contributed by atoms with Crippen LogP contribution in [0.3, 0.4) is 0 Å². The lowest BCUT2D eigenvalue weighted by Crippen LogP contribution is -2.47. The van der Waals surface area contributed by atoms with E-state index in [1.807, 2.05) is 49.9 Å². The molecule has 1 aromatic carbocycles. The summed E-state index contributed by atoms with van der Waals surface area (Å²) in [5, 5.41) is 0.908. The Kier molecular flexibility index (Phi) is 5.04. The number of rotatable bonds is 3. The molecule has 0 aliphatic carbocycles. The first kappa shape index (κ1) is 17.1. The van der Waals surface area contributed by atoms with Crippen LogP contribution >= 0.6 is 11.8 Å². The normalized spacial score (nSPS) is 18.8. The predicted octanol–water partition coefficient (Wildman–Crippen LogP) is 4.44. The van der Waals surface area contributed by atoms with Crippen LogP contribution in [0.25, 0.3) is 11.0 Å². The van der Waals surface area contributed by atoms with Crippen molar-refractivity contribution >= 4 is 28.9 Å². The Balaban J connectivity index is 1.64. The first-order valence-corrected chi connectivity index (χ1v) is 9.48. The summed E-state index contributed by atoms with van der Waals surface area (Å²) < 4.78 is 5.56. The third kappa shape index (κ3) is 4.23. The summed E-state index contributed by atoms with van der Waals surface area (Å²) in [4.78, 5) is 22.3. The maximum atomic E-state index is 12.4. The largest absolute Gasteiger partial charge is 0.444 e. The second-order valence-corrected chi connectivity index (χ2v) is 8.20. The van der Waals surface area contributed by atoms with Gasteiger partial charge in [-0.05, 0) is 52.2 Å². The number of piperidine rings is 1. The van der Waals surface area contributed by atoms with E-state index in [0.717, 1.165) is 47.7 Å². The number of imidazole rings is 1. The van der Waals surface area contributed by atoms with Crippen LogP contribution in [0.4, 0.5) is 4.79 Å². The smallest absolute Gasteiger partial charge is 0.410 e. The molecule has 1 aliphatic heterocycles. The summed E-state index contributed by atoms with van der Waals surface area (Å²) in [6.07, 6.45) is 3.03. The molecular formula is C18H25N3O2S. The predicted molar refractivity (Wildman–Crippen MR) is 97.4 cm³/mol. The van der Waals surface area contributed by atoms with Crippen molar-refractivity contribution in [2.75, 3.05) is 12.3 Å². The molecular weight excluding hydrogens is 322 g/mol. The highest BCUT2D eigenvalue weighted by Crippen LogP contribution is 2.26. The number of aromatic nitrogens is 2. The van der Waals surface area contributed by atoms with Gasteiger partial charge in [0.15, 0.2) is 5.16 Å². The first-order chi connectivity index (χ1) is 11.4. The molecule has 1 aliphatic rings. The zero-order valence-electron chi connectivity index (χ0n) is 14.5. The summed E-state index contributed by atoms with van der Waals surface area (Å²) >= 11 is 1.68. The van der Waals surface area contributed by atoms with Crippen molar-refractivity contribution in [1.29, 1.82) is 0 Å². The van der Waals surface area contributed by atoms with Crippen LogP contribution in [0, 0.1) is 0 Å². The van der Waals surface area contributed by atoms with Crippen LogP contribution in [0.1, 0.15) is 40.0 Å². The van der Waals surface area contributed by atoms with E-state index in [-0.39, 0.29) is 12.1 Å². The SMILES string of the molecule is CC(C)(C)OC(=O)N1CCCC[C@@H]1CSc1nc2ccccc2[nH]1. The van der Waals surface area contributed by atoms with E-state index >= 15 is 0 Å². The van der Waals surface area contributed by atoms with Gasteiger partial charge >= 0.3 is 6.09 Å². The van der Waals surface area contributed by atoms with Crippen molar-refractivity contribution < 1.29 is 9.53 Å². The highest BCUT2D eigenvalue weighted by atomic mass is 32.2. The third-order valence-electron chi connectivity index (χ3n) is 4.04. The molecule has 0 unspecified atom stereocenters. The minimum absolute atomic E-state index is 0.197. The highest BCUT2D eigenvalue weighted by Gasteiger charge is 2.30. The number of fused-ring (bicyclic) bond motifs is 1. The quantitative estimate of drug-likeness (QED) is 0.834. The van der Waals surface area contributed by atoms with E-state index in [2.05, 4.69) is 9.97 Å². The number of hydrogen-bond donors (Lipinski definition) is 1. The average molecular weight is 347 g/mol. The van der Waals surface area contributed by atoms with Crippen LogP contribution in [-0.4, -0.2) is 44.9 Å². The van der Waals surface area contributed by atoms with E-state index in [4.69, 9.17) is 4.74 Å². The molecule has 0 bridgehead atoms. The fourth-order valence-corrected chi connectivity index (χ4v) is 3.95. The molecule has 24 heavy (non-hydrogen) atoms. The molecule has 0 radical (unpaired) electrons. The number of H-pyrrole nitrogens is 1. The first-order valence-electron chi connectivity index (χ1n) is 8.49. The summed E-state index contributed by atoms with van der Waals surface area (Å²) in [5.74, 6) is 0.832. The van der Waals surface area contributed by atoms with Gasteiger partial charge in [-0.15, -0.1) is 0 Å². The lowest BCUT2D eigenvalue weighted by molar-refractivity contribution is 0.0125. The Morgan fingerprint density at radius 1 is 1.38 bits per heavy atom. The number of para-hydroxylation sites is 2. The number of amides is 1. The Labute approximate surface area is 147 Å². The van der Waals surface area contributed by atoms with Crippen LogP contribution in [-0.2, 0) is 4.74 Å². The molecule has 130 valence electrons. The van der Waals surface area contributed by atoms with Crippen LogP contribution < -0.4 is 0 Å². The standard InChI is InChI=1S/C18H25N3O2S/c1-18(2,3)23-17(22)21-11-7-6-8-13(21)12-24-16-19-14-9-4-5-10-15(14)20-16/h4-5,9-10,13H,6-8,11-12H2,1-3H3,(H,19,20)/t13-/m1/s1. The van der Waals surface area contributed by atoms with Crippen molar-refractivity contribution in [3.05, 3.63) is 24.3 Å². The molecule has 0 spiro atoms. The Morgan fingerprint density at radius 2 is 2.17 bits per heavy atom. The number of nitrogens with one attached hydrogen (secondary N) is 1. The number of benzene rings is 1. The van der Waals surface area contributed by atoms with Gasteiger partial charge in [0.05, 0.1) is 11.0 Å². The summed E-state index contributed by atoms with van der Waals surface area (Å²) in [7, 11) is 0. The molecule has 1 fully saturated rings. The van der Waals surface area contributed by atoms with Gasteiger partial charge in [0, 0.05) is 18.3 Å². The number of thioether (sulfide) groups is 1. The molecule has 1 saturated heterocycles.